The molecule has 0 N–H and O–H groups in total. The maximum atomic E-state index is 11.8. The van der Waals surface area contributed by atoms with Crippen LogP contribution >= 0.6 is 11.6 Å². The zero-order chi connectivity index (χ0) is 23.1. The highest BCUT2D eigenvalue weighted by Crippen LogP contribution is 2.56. The van der Waals surface area contributed by atoms with Crippen molar-refractivity contribution in [1.29, 1.82) is 0 Å². The first-order valence-electron chi connectivity index (χ1n) is 11.6. The van der Waals surface area contributed by atoms with Gasteiger partial charge < -0.3 is 4.90 Å². The molecule has 1 aromatic carbocycles. The Bertz CT molecular complexity index is 1370. The number of halogens is 1. The van der Waals surface area contributed by atoms with Gasteiger partial charge in [-0.3, -0.25) is 9.47 Å². The van der Waals surface area contributed by atoms with Crippen LogP contribution in [0, 0.1) is 5.41 Å². The fourth-order valence-corrected chi connectivity index (χ4v) is 7.80. The summed E-state index contributed by atoms with van der Waals surface area (Å²) >= 11 is 6.35. The second kappa shape index (κ2) is 7.22. The second-order valence-corrected chi connectivity index (χ2v) is 12.8. The Hall–Kier alpha value is -2.56. The van der Waals surface area contributed by atoms with Gasteiger partial charge in [-0.2, -0.15) is 0 Å². The molecule has 0 atom stereocenters. The molecule has 3 aromatic rings. The average molecular weight is 498 g/mol. The number of rotatable bonds is 3. The lowest BCUT2D eigenvalue weighted by Gasteiger charge is -2.58. The molecule has 4 aliphatic rings. The van der Waals surface area contributed by atoms with Crippen molar-refractivity contribution in [1.82, 2.24) is 29.6 Å². The van der Waals surface area contributed by atoms with Crippen molar-refractivity contribution in [3.8, 4) is 5.69 Å². The normalized spacial score (nSPS) is 25.0. The molecule has 0 bridgehead atoms. The first-order valence-corrected chi connectivity index (χ1v) is 13.8. The van der Waals surface area contributed by atoms with Gasteiger partial charge in [-0.15, -0.1) is 10.2 Å². The van der Waals surface area contributed by atoms with Gasteiger partial charge >= 0.3 is 0 Å². The Labute approximate surface area is 202 Å². The molecule has 1 aliphatic carbocycles. The van der Waals surface area contributed by atoms with Crippen LogP contribution in [-0.2, 0) is 22.9 Å². The SMILES string of the molecule is O=S1(=O)CC(N2Cc3cc(Cl)ccc3-n3c(nnc3C3CC4(C3)CN(c3ncccn3)C4)C2)C1. The molecular weight excluding hydrogens is 474 g/mol. The van der Waals surface area contributed by atoms with E-state index in [1.165, 1.54) is 0 Å². The number of hydrogen-bond donors (Lipinski definition) is 0. The van der Waals surface area contributed by atoms with E-state index in [0.717, 1.165) is 54.8 Å². The molecule has 2 saturated heterocycles. The van der Waals surface area contributed by atoms with E-state index in [-0.39, 0.29) is 17.5 Å². The number of anilines is 1. The minimum Gasteiger partial charge on any atom is -0.340 e. The Morgan fingerprint density at radius 1 is 1.03 bits per heavy atom. The number of hydrogen-bond acceptors (Lipinski definition) is 8. The van der Waals surface area contributed by atoms with Gasteiger partial charge in [-0.1, -0.05) is 11.6 Å². The van der Waals surface area contributed by atoms with Crippen molar-refractivity contribution < 1.29 is 8.42 Å². The molecule has 1 spiro atoms. The summed E-state index contributed by atoms with van der Waals surface area (Å²) < 4.78 is 25.9. The quantitative estimate of drug-likeness (QED) is 0.543. The summed E-state index contributed by atoms with van der Waals surface area (Å²) in [6.45, 7) is 3.19. The van der Waals surface area contributed by atoms with Crippen molar-refractivity contribution in [3.63, 3.8) is 0 Å². The molecule has 7 rings (SSSR count). The lowest BCUT2D eigenvalue weighted by molar-refractivity contribution is 0.0574. The first kappa shape index (κ1) is 20.8. The van der Waals surface area contributed by atoms with E-state index in [0.29, 0.717) is 29.4 Å². The summed E-state index contributed by atoms with van der Waals surface area (Å²) in [7, 11) is -2.92. The Balaban J connectivity index is 1.15. The van der Waals surface area contributed by atoms with Crippen LogP contribution in [0.3, 0.4) is 0 Å². The lowest BCUT2D eigenvalue weighted by atomic mass is 9.57. The van der Waals surface area contributed by atoms with Crippen LogP contribution in [0.5, 0.6) is 0 Å². The fraction of sp³-hybridized carbons (Fsp3) is 0.478. The number of fused-ring (bicyclic) bond motifs is 3. The van der Waals surface area contributed by atoms with E-state index >= 15 is 0 Å². The van der Waals surface area contributed by atoms with E-state index in [1.54, 1.807) is 12.4 Å². The van der Waals surface area contributed by atoms with Crippen LogP contribution in [-0.4, -0.2) is 68.7 Å². The first-order chi connectivity index (χ1) is 16.4. The molecule has 176 valence electrons. The lowest BCUT2D eigenvalue weighted by Crippen LogP contribution is -2.62. The summed E-state index contributed by atoms with van der Waals surface area (Å²) in [5, 5.41) is 9.91. The van der Waals surface area contributed by atoms with Crippen LogP contribution in [0.25, 0.3) is 5.69 Å². The zero-order valence-electron chi connectivity index (χ0n) is 18.5. The molecule has 0 radical (unpaired) electrons. The summed E-state index contributed by atoms with van der Waals surface area (Å²) in [6.07, 6.45) is 5.71. The number of benzene rings is 1. The molecule has 5 heterocycles. The predicted molar refractivity (Wildman–Crippen MR) is 127 cm³/mol. The molecule has 1 saturated carbocycles. The van der Waals surface area contributed by atoms with Gasteiger partial charge in [-0.25, -0.2) is 18.4 Å². The average Bonchev–Trinajstić information content (AvgIpc) is 3.06. The molecule has 9 nitrogen and oxygen atoms in total. The molecule has 3 fully saturated rings. The summed E-state index contributed by atoms with van der Waals surface area (Å²) in [6, 6.07) is 7.79. The molecule has 0 unspecified atom stereocenters. The third-order valence-corrected chi connectivity index (χ3v) is 9.80. The fourth-order valence-electron chi connectivity index (χ4n) is 6.11. The van der Waals surface area contributed by atoms with Crippen LogP contribution in [0.4, 0.5) is 5.95 Å². The van der Waals surface area contributed by atoms with Crippen LogP contribution in [0.1, 0.15) is 36.0 Å². The number of nitrogens with zero attached hydrogens (tertiary/aromatic N) is 7. The topological polar surface area (TPSA) is 97.1 Å². The Kier molecular flexibility index (Phi) is 4.41. The minimum atomic E-state index is -2.92. The highest BCUT2D eigenvalue weighted by atomic mass is 35.5. The molecular formula is C23H24ClN7O2S. The molecule has 0 amide bonds. The number of aromatic nitrogens is 5. The van der Waals surface area contributed by atoms with Crippen molar-refractivity contribution in [3.05, 3.63) is 58.9 Å². The van der Waals surface area contributed by atoms with E-state index in [2.05, 4.69) is 34.5 Å². The van der Waals surface area contributed by atoms with Gasteiger partial charge in [0.2, 0.25) is 5.95 Å². The highest BCUT2D eigenvalue weighted by Gasteiger charge is 2.55. The van der Waals surface area contributed by atoms with Crippen LogP contribution < -0.4 is 4.90 Å². The minimum absolute atomic E-state index is 0.0108. The van der Waals surface area contributed by atoms with Crippen molar-refractivity contribution in [2.75, 3.05) is 29.5 Å². The van der Waals surface area contributed by atoms with Gasteiger partial charge in [0.25, 0.3) is 0 Å². The van der Waals surface area contributed by atoms with Gasteiger partial charge in [0, 0.05) is 54.4 Å². The third kappa shape index (κ3) is 3.26. The van der Waals surface area contributed by atoms with E-state index in [1.807, 2.05) is 24.3 Å². The standard InChI is InChI=1S/C23H24ClN7O2S/c24-17-2-3-19-15(6-17)9-29(18-11-34(32,33)12-18)10-20-27-28-21(31(19)20)16-7-23(8-16)13-30(14-23)22-25-4-1-5-26-22/h1-6,16,18H,7-14H2. The highest BCUT2D eigenvalue weighted by molar-refractivity contribution is 7.92. The van der Waals surface area contributed by atoms with Crippen molar-refractivity contribution in [2.45, 2.75) is 37.9 Å². The second-order valence-electron chi connectivity index (χ2n) is 10.2. The van der Waals surface area contributed by atoms with Gasteiger partial charge in [0.05, 0.1) is 23.7 Å². The van der Waals surface area contributed by atoms with Crippen LogP contribution in [0.15, 0.2) is 36.7 Å². The Morgan fingerprint density at radius 2 is 1.79 bits per heavy atom. The molecule has 2 aromatic heterocycles. The van der Waals surface area contributed by atoms with E-state index < -0.39 is 9.84 Å². The number of sulfone groups is 1. The maximum Gasteiger partial charge on any atom is 0.225 e. The Morgan fingerprint density at radius 3 is 2.53 bits per heavy atom. The largest absolute Gasteiger partial charge is 0.340 e. The van der Waals surface area contributed by atoms with Gasteiger partial charge in [0.15, 0.2) is 15.7 Å². The zero-order valence-corrected chi connectivity index (χ0v) is 20.1. The van der Waals surface area contributed by atoms with E-state index in [9.17, 15) is 8.42 Å². The van der Waals surface area contributed by atoms with Gasteiger partial charge in [0.1, 0.15) is 5.82 Å². The van der Waals surface area contributed by atoms with Crippen molar-refractivity contribution >= 4 is 27.4 Å². The predicted octanol–water partition coefficient (Wildman–Crippen LogP) is 2.21. The third-order valence-electron chi connectivity index (χ3n) is 7.78. The van der Waals surface area contributed by atoms with Crippen LogP contribution in [0.2, 0.25) is 5.02 Å². The maximum absolute atomic E-state index is 11.8. The smallest absolute Gasteiger partial charge is 0.225 e. The summed E-state index contributed by atoms with van der Waals surface area (Å²) in [5.74, 6) is 3.43. The van der Waals surface area contributed by atoms with Crippen molar-refractivity contribution in [2.24, 2.45) is 5.41 Å². The molecule has 11 heteroatoms. The van der Waals surface area contributed by atoms with Gasteiger partial charge in [-0.05, 0) is 42.7 Å². The monoisotopic (exact) mass is 497 g/mol. The van der Waals surface area contributed by atoms with E-state index in [4.69, 9.17) is 11.6 Å². The summed E-state index contributed by atoms with van der Waals surface area (Å²) in [4.78, 5) is 13.2. The molecule has 34 heavy (non-hydrogen) atoms. The summed E-state index contributed by atoms with van der Waals surface area (Å²) in [5.41, 5.74) is 2.44. The molecule has 3 aliphatic heterocycles.